The summed E-state index contributed by atoms with van der Waals surface area (Å²) in [5.41, 5.74) is 2.40. The number of piperidine rings is 1. The van der Waals surface area contributed by atoms with Gasteiger partial charge in [0.05, 0.1) is 18.4 Å². The van der Waals surface area contributed by atoms with Crippen LogP contribution in [0.4, 0.5) is 0 Å². The SMILES string of the molecule is COC[C@@]12CCCO[C@@H]1CCN(Cc1c(C)noc1C)C2. The van der Waals surface area contributed by atoms with E-state index in [1.165, 1.54) is 12.0 Å². The van der Waals surface area contributed by atoms with Crippen LogP contribution < -0.4 is 0 Å². The lowest BCUT2D eigenvalue weighted by molar-refractivity contribution is -0.149. The van der Waals surface area contributed by atoms with Crippen molar-refractivity contribution in [1.29, 1.82) is 0 Å². The molecule has 0 amide bonds. The lowest BCUT2D eigenvalue weighted by Gasteiger charge is -2.50. The monoisotopic (exact) mass is 294 g/mol. The van der Waals surface area contributed by atoms with Gasteiger partial charge in [0.25, 0.3) is 0 Å². The van der Waals surface area contributed by atoms with Gasteiger partial charge in [0.1, 0.15) is 5.76 Å². The largest absolute Gasteiger partial charge is 0.384 e. The maximum Gasteiger partial charge on any atom is 0.138 e. The highest BCUT2D eigenvalue weighted by Crippen LogP contribution is 2.40. The molecule has 0 radical (unpaired) electrons. The van der Waals surface area contributed by atoms with Gasteiger partial charge in [-0.3, -0.25) is 4.90 Å². The number of hydrogen-bond donors (Lipinski definition) is 0. The van der Waals surface area contributed by atoms with Crippen molar-refractivity contribution in [2.24, 2.45) is 5.41 Å². The summed E-state index contributed by atoms with van der Waals surface area (Å²) in [4.78, 5) is 2.51. The second-order valence-electron chi connectivity index (χ2n) is 6.56. The highest BCUT2D eigenvalue weighted by molar-refractivity contribution is 5.20. The fourth-order valence-electron chi connectivity index (χ4n) is 3.97. The van der Waals surface area contributed by atoms with Gasteiger partial charge >= 0.3 is 0 Å². The topological polar surface area (TPSA) is 47.7 Å². The van der Waals surface area contributed by atoms with Gasteiger partial charge in [-0.1, -0.05) is 5.16 Å². The van der Waals surface area contributed by atoms with Crippen LogP contribution in [0.1, 0.15) is 36.3 Å². The Balaban J connectivity index is 1.74. The highest BCUT2D eigenvalue weighted by atomic mass is 16.5. The molecule has 5 nitrogen and oxygen atoms in total. The molecule has 5 heteroatoms. The molecule has 1 aromatic heterocycles. The van der Waals surface area contributed by atoms with Crippen LogP contribution >= 0.6 is 0 Å². The number of hydrogen-bond acceptors (Lipinski definition) is 5. The summed E-state index contributed by atoms with van der Waals surface area (Å²) >= 11 is 0. The van der Waals surface area contributed by atoms with E-state index in [0.29, 0.717) is 6.10 Å². The molecule has 0 spiro atoms. The maximum atomic E-state index is 6.03. The van der Waals surface area contributed by atoms with E-state index < -0.39 is 0 Å². The Labute approximate surface area is 126 Å². The van der Waals surface area contributed by atoms with Gasteiger partial charge in [-0.25, -0.2) is 0 Å². The third-order valence-electron chi connectivity index (χ3n) is 5.06. The van der Waals surface area contributed by atoms with Crippen molar-refractivity contribution in [3.8, 4) is 0 Å². The number of nitrogens with zero attached hydrogens (tertiary/aromatic N) is 2. The first-order valence-electron chi connectivity index (χ1n) is 7.89. The number of likely N-dealkylation sites (tertiary alicyclic amines) is 1. The zero-order chi connectivity index (χ0) is 14.9. The zero-order valence-electron chi connectivity index (χ0n) is 13.4. The van der Waals surface area contributed by atoms with E-state index in [4.69, 9.17) is 14.0 Å². The molecule has 2 fully saturated rings. The second-order valence-corrected chi connectivity index (χ2v) is 6.56. The first-order valence-corrected chi connectivity index (χ1v) is 7.89. The number of rotatable bonds is 4. The van der Waals surface area contributed by atoms with Gasteiger partial charge in [0.15, 0.2) is 0 Å². The number of aryl methyl sites for hydroxylation is 2. The molecule has 2 aliphatic rings. The molecule has 2 aliphatic heterocycles. The van der Waals surface area contributed by atoms with Crippen molar-refractivity contribution < 1.29 is 14.0 Å². The van der Waals surface area contributed by atoms with Gasteiger partial charge in [-0.2, -0.15) is 0 Å². The quantitative estimate of drug-likeness (QED) is 0.853. The summed E-state index contributed by atoms with van der Waals surface area (Å²) in [6, 6.07) is 0. The van der Waals surface area contributed by atoms with Crippen molar-refractivity contribution in [3.63, 3.8) is 0 Å². The fourth-order valence-corrected chi connectivity index (χ4v) is 3.97. The van der Waals surface area contributed by atoms with E-state index in [9.17, 15) is 0 Å². The van der Waals surface area contributed by atoms with E-state index in [1.54, 1.807) is 7.11 Å². The van der Waals surface area contributed by atoms with Gasteiger partial charge < -0.3 is 14.0 Å². The Kier molecular flexibility index (Phi) is 4.33. The van der Waals surface area contributed by atoms with Crippen molar-refractivity contribution in [2.45, 2.75) is 45.8 Å². The molecule has 0 N–H and O–H groups in total. The Bertz CT molecular complexity index is 464. The van der Waals surface area contributed by atoms with Crippen molar-refractivity contribution >= 4 is 0 Å². The average Bonchev–Trinajstić information content (AvgIpc) is 2.79. The molecule has 118 valence electrons. The van der Waals surface area contributed by atoms with Crippen LogP contribution in [0.25, 0.3) is 0 Å². The number of methoxy groups -OCH3 is 1. The number of ether oxygens (including phenoxy) is 2. The number of aromatic nitrogens is 1. The van der Waals surface area contributed by atoms with E-state index >= 15 is 0 Å². The minimum atomic E-state index is 0.157. The van der Waals surface area contributed by atoms with Crippen molar-refractivity contribution in [2.75, 3.05) is 33.4 Å². The molecule has 0 aliphatic carbocycles. The van der Waals surface area contributed by atoms with E-state index in [2.05, 4.69) is 10.1 Å². The molecule has 21 heavy (non-hydrogen) atoms. The van der Waals surface area contributed by atoms with Crippen LogP contribution in [-0.4, -0.2) is 49.6 Å². The predicted molar refractivity (Wildman–Crippen MR) is 79.2 cm³/mol. The molecule has 1 aromatic rings. The van der Waals surface area contributed by atoms with Crippen LogP contribution in [0.15, 0.2) is 4.52 Å². The Morgan fingerprint density at radius 2 is 2.29 bits per heavy atom. The summed E-state index contributed by atoms with van der Waals surface area (Å²) < 4.78 is 16.9. The Morgan fingerprint density at radius 3 is 3.00 bits per heavy atom. The molecule has 0 aromatic carbocycles. The van der Waals surface area contributed by atoms with Crippen LogP contribution in [-0.2, 0) is 16.0 Å². The average molecular weight is 294 g/mol. The lowest BCUT2D eigenvalue weighted by Crippen LogP contribution is -2.56. The third kappa shape index (κ3) is 2.87. The molecule has 0 bridgehead atoms. The smallest absolute Gasteiger partial charge is 0.138 e. The highest BCUT2D eigenvalue weighted by Gasteiger charge is 2.46. The Hall–Kier alpha value is -0.910. The van der Waals surface area contributed by atoms with Gasteiger partial charge in [-0.05, 0) is 33.1 Å². The summed E-state index contributed by atoms with van der Waals surface area (Å²) in [5, 5.41) is 4.07. The predicted octanol–water partition coefficient (Wildman–Crippen LogP) is 2.31. The first kappa shape index (κ1) is 15.0. The lowest BCUT2D eigenvalue weighted by atomic mass is 9.73. The summed E-state index contributed by atoms with van der Waals surface area (Å²) in [5.74, 6) is 0.940. The fraction of sp³-hybridized carbons (Fsp3) is 0.812. The third-order valence-corrected chi connectivity index (χ3v) is 5.06. The molecule has 3 heterocycles. The minimum absolute atomic E-state index is 0.157. The molecule has 2 saturated heterocycles. The minimum Gasteiger partial charge on any atom is -0.384 e. The van der Waals surface area contributed by atoms with Gasteiger partial charge in [0, 0.05) is 44.3 Å². The van der Waals surface area contributed by atoms with E-state index in [0.717, 1.165) is 57.1 Å². The van der Waals surface area contributed by atoms with Crippen molar-refractivity contribution in [1.82, 2.24) is 10.1 Å². The standard InChI is InChI=1S/C16H26N2O3/c1-12-14(13(2)21-17-12)9-18-7-5-15-16(10-18,11-19-3)6-4-8-20-15/h15H,4-11H2,1-3H3/t15-,16+/m1/s1. The zero-order valence-corrected chi connectivity index (χ0v) is 13.4. The summed E-state index contributed by atoms with van der Waals surface area (Å²) in [7, 11) is 1.80. The van der Waals surface area contributed by atoms with Crippen LogP contribution in [0.3, 0.4) is 0 Å². The van der Waals surface area contributed by atoms with Crippen LogP contribution in [0.2, 0.25) is 0 Å². The van der Waals surface area contributed by atoms with E-state index in [-0.39, 0.29) is 5.41 Å². The summed E-state index contributed by atoms with van der Waals surface area (Å²) in [6.07, 6.45) is 3.78. The second kappa shape index (κ2) is 6.07. The molecular weight excluding hydrogens is 268 g/mol. The van der Waals surface area contributed by atoms with E-state index in [1.807, 2.05) is 13.8 Å². The molecule has 0 saturated carbocycles. The molecule has 2 atom stereocenters. The van der Waals surface area contributed by atoms with Gasteiger partial charge in [-0.15, -0.1) is 0 Å². The van der Waals surface area contributed by atoms with Crippen molar-refractivity contribution in [3.05, 3.63) is 17.0 Å². The van der Waals surface area contributed by atoms with Gasteiger partial charge in [0.2, 0.25) is 0 Å². The maximum absolute atomic E-state index is 6.03. The Morgan fingerprint density at radius 1 is 1.43 bits per heavy atom. The normalized spacial score (nSPS) is 30.3. The summed E-state index contributed by atoms with van der Waals surface area (Å²) in [6.45, 7) is 8.73. The van der Waals surface area contributed by atoms with Crippen LogP contribution in [0.5, 0.6) is 0 Å². The number of fused-ring (bicyclic) bond motifs is 1. The molecule has 0 unspecified atom stereocenters. The molecular formula is C16H26N2O3. The first-order chi connectivity index (χ1) is 10.1. The van der Waals surface area contributed by atoms with Crippen LogP contribution in [0, 0.1) is 19.3 Å². The molecule has 3 rings (SSSR count).